The number of hydrogen-bond donors (Lipinski definition) is 1. The first-order valence-electron chi connectivity index (χ1n) is 8.15. The van der Waals surface area contributed by atoms with Crippen LogP contribution in [0.5, 0.6) is 5.75 Å². The number of esters is 1. The second-order valence-corrected chi connectivity index (χ2v) is 7.59. The summed E-state index contributed by atoms with van der Waals surface area (Å²) in [7, 11) is -2.38. The molecule has 0 aliphatic heterocycles. The zero-order valence-electron chi connectivity index (χ0n) is 15.0. The van der Waals surface area contributed by atoms with Crippen molar-refractivity contribution in [3.63, 3.8) is 0 Å². The Morgan fingerprint density at radius 1 is 1.15 bits per heavy atom. The molecule has 0 aliphatic rings. The number of hydrogen-bond acceptors (Lipinski definition) is 6. The Balaban J connectivity index is 1.95. The van der Waals surface area contributed by atoms with Gasteiger partial charge in [-0.2, -0.15) is 5.26 Å². The summed E-state index contributed by atoms with van der Waals surface area (Å²) < 4.78 is 37.2. The van der Waals surface area contributed by atoms with E-state index in [9.17, 15) is 13.2 Å². The van der Waals surface area contributed by atoms with Gasteiger partial charge in [-0.05, 0) is 55.3 Å². The molecule has 2 rings (SSSR count). The number of carbonyl (C=O) groups excluding carboxylic acids is 1. The van der Waals surface area contributed by atoms with Crippen molar-refractivity contribution in [1.29, 1.82) is 5.26 Å². The summed E-state index contributed by atoms with van der Waals surface area (Å²) in [4.78, 5) is 11.2. The molecule has 0 heterocycles. The third-order valence-corrected chi connectivity index (χ3v) is 5.31. The summed E-state index contributed by atoms with van der Waals surface area (Å²) in [5.41, 5.74) is 1.31. The molecule has 2 aromatic carbocycles. The number of benzene rings is 2. The summed E-state index contributed by atoms with van der Waals surface area (Å²) in [5, 5.41) is 8.79. The monoisotopic (exact) mass is 388 g/mol. The van der Waals surface area contributed by atoms with Crippen LogP contribution in [0.1, 0.15) is 18.1 Å². The van der Waals surface area contributed by atoms with Gasteiger partial charge < -0.3 is 9.47 Å². The highest BCUT2D eigenvalue weighted by atomic mass is 32.2. The van der Waals surface area contributed by atoms with Crippen LogP contribution in [0.4, 0.5) is 0 Å². The molecule has 0 aromatic heterocycles. The van der Waals surface area contributed by atoms with Crippen molar-refractivity contribution in [2.45, 2.75) is 24.3 Å². The van der Waals surface area contributed by atoms with Crippen LogP contribution in [0.25, 0.3) is 0 Å². The Labute approximate surface area is 158 Å². The average molecular weight is 388 g/mol. The number of nitrogens with one attached hydrogen (secondary N) is 1. The van der Waals surface area contributed by atoms with Gasteiger partial charge in [-0.25, -0.2) is 17.9 Å². The van der Waals surface area contributed by atoms with Crippen molar-refractivity contribution in [2.75, 3.05) is 13.7 Å². The van der Waals surface area contributed by atoms with Crippen molar-refractivity contribution in [1.82, 2.24) is 4.72 Å². The highest BCUT2D eigenvalue weighted by molar-refractivity contribution is 7.89. The molecule has 8 heteroatoms. The molecule has 1 N–H and O–H groups in total. The largest absolute Gasteiger partial charge is 0.482 e. The van der Waals surface area contributed by atoms with E-state index >= 15 is 0 Å². The molecule has 0 fully saturated rings. The van der Waals surface area contributed by atoms with Gasteiger partial charge in [0.15, 0.2) is 6.61 Å². The predicted molar refractivity (Wildman–Crippen MR) is 98.6 cm³/mol. The van der Waals surface area contributed by atoms with Crippen LogP contribution in [0.3, 0.4) is 0 Å². The van der Waals surface area contributed by atoms with E-state index in [4.69, 9.17) is 10.00 Å². The minimum Gasteiger partial charge on any atom is -0.482 e. The Morgan fingerprint density at radius 2 is 1.78 bits per heavy atom. The molecule has 0 saturated heterocycles. The maximum absolute atomic E-state index is 12.4. The normalized spacial score (nSPS) is 12.0. The van der Waals surface area contributed by atoms with Crippen LogP contribution in [0, 0.1) is 11.3 Å². The molecule has 1 atom stereocenters. The number of nitrogens with zero attached hydrogens (tertiary/aromatic N) is 1. The Kier molecular flexibility index (Phi) is 6.93. The second-order valence-electron chi connectivity index (χ2n) is 5.87. The number of rotatable bonds is 8. The zero-order chi connectivity index (χ0) is 19.9. The van der Waals surface area contributed by atoms with Gasteiger partial charge in [0, 0.05) is 6.04 Å². The molecule has 0 radical (unpaired) electrons. The van der Waals surface area contributed by atoms with Gasteiger partial charge in [0.25, 0.3) is 0 Å². The van der Waals surface area contributed by atoms with Crippen LogP contribution in [-0.4, -0.2) is 34.1 Å². The molecule has 27 heavy (non-hydrogen) atoms. The summed E-state index contributed by atoms with van der Waals surface area (Å²) in [6.07, 6.45) is 0.479. The van der Waals surface area contributed by atoms with Crippen molar-refractivity contribution < 1.29 is 22.7 Å². The Morgan fingerprint density at radius 3 is 2.33 bits per heavy atom. The van der Waals surface area contributed by atoms with Gasteiger partial charge in [-0.3, -0.25) is 0 Å². The fourth-order valence-electron chi connectivity index (χ4n) is 2.36. The number of ether oxygens (including phenoxy) is 2. The topological polar surface area (TPSA) is 105 Å². The fourth-order valence-corrected chi connectivity index (χ4v) is 3.60. The molecule has 0 amide bonds. The third kappa shape index (κ3) is 6.09. The van der Waals surface area contributed by atoms with E-state index in [1.807, 2.05) is 6.07 Å². The van der Waals surface area contributed by atoms with E-state index in [-0.39, 0.29) is 17.5 Å². The van der Waals surface area contributed by atoms with Crippen LogP contribution >= 0.6 is 0 Å². The fraction of sp³-hybridized carbons (Fsp3) is 0.263. The van der Waals surface area contributed by atoms with Crippen LogP contribution in [0.15, 0.2) is 53.4 Å². The SMILES string of the molecule is COC(=O)COc1ccc(C[C@H](C)NS(=O)(=O)c2ccc(C#N)cc2)cc1. The summed E-state index contributed by atoms with van der Waals surface area (Å²) >= 11 is 0. The predicted octanol–water partition coefficient (Wildman–Crippen LogP) is 2.02. The first-order valence-corrected chi connectivity index (χ1v) is 9.63. The molecule has 7 nitrogen and oxygen atoms in total. The van der Waals surface area contributed by atoms with E-state index in [1.54, 1.807) is 31.2 Å². The van der Waals surface area contributed by atoms with Gasteiger partial charge >= 0.3 is 5.97 Å². The van der Waals surface area contributed by atoms with Crippen molar-refractivity contribution in [2.24, 2.45) is 0 Å². The van der Waals surface area contributed by atoms with Crippen LogP contribution in [-0.2, 0) is 26.0 Å². The number of sulfonamides is 1. The minimum absolute atomic E-state index is 0.111. The minimum atomic E-state index is -3.67. The van der Waals surface area contributed by atoms with Crippen molar-refractivity contribution >= 4 is 16.0 Å². The van der Waals surface area contributed by atoms with Crippen LogP contribution < -0.4 is 9.46 Å². The summed E-state index contributed by atoms with van der Waals surface area (Å²) in [5.74, 6) is 0.0554. The molecule has 0 bridgehead atoms. The number of methoxy groups -OCH3 is 1. The van der Waals surface area contributed by atoms with E-state index in [0.29, 0.717) is 17.7 Å². The molecule has 0 aliphatic carbocycles. The average Bonchev–Trinajstić information content (AvgIpc) is 2.66. The highest BCUT2D eigenvalue weighted by Crippen LogP contribution is 2.15. The lowest BCUT2D eigenvalue weighted by Crippen LogP contribution is -2.34. The smallest absolute Gasteiger partial charge is 0.343 e. The number of nitriles is 1. The lowest BCUT2D eigenvalue weighted by atomic mass is 10.1. The maximum atomic E-state index is 12.4. The van der Waals surface area contributed by atoms with Crippen LogP contribution in [0.2, 0.25) is 0 Å². The van der Waals surface area contributed by atoms with Crippen molar-refractivity contribution in [3.8, 4) is 11.8 Å². The van der Waals surface area contributed by atoms with Gasteiger partial charge in [0.05, 0.1) is 23.6 Å². The zero-order valence-corrected chi connectivity index (χ0v) is 15.8. The molecule has 0 spiro atoms. The molecular formula is C19H20N2O5S. The molecule has 0 saturated carbocycles. The van der Waals surface area contributed by atoms with Crippen molar-refractivity contribution in [3.05, 3.63) is 59.7 Å². The summed E-state index contributed by atoms with van der Waals surface area (Å²) in [6.45, 7) is 1.60. The lowest BCUT2D eigenvalue weighted by molar-refractivity contribution is -0.142. The molecule has 2 aromatic rings. The van der Waals surface area contributed by atoms with Gasteiger partial charge in [-0.1, -0.05) is 12.1 Å². The summed E-state index contributed by atoms with van der Waals surface area (Å²) in [6, 6.07) is 14.4. The van der Waals surface area contributed by atoms with Gasteiger partial charge in [0.1, 0.15) is 5.75 Å². The third-order valence-electron chi connectivity index (χ3n) is 3.70. The molecule has 0 unspecified atom stereocenters. The standard InChI is InChI=1S/C19H20N2O5S/c1-14(21-27(23,24)18-9-5-16(12-20)6-10-18)11-15-3-7-17(8-4-15)26-13-19(22)25-2/h3-10,14,21H,11,13H2,1-2H3/t14-/m0/s1. The first-order chi connectivity index (χ1) is 12.8. The Hall–Kier alpha value is -2.89. The lowest BCUT2D eigenvalue weighted by Gasteiger charge is -2.15. The maximum Gasteiger partial charge on any atom is 0.343 e. The Bertz CT molecular complexity index is 916. The van der Waals surface area contributed by atoms with E-state index < -0.39 is 16.0 Å². The highest BCUT2D eigenvalue weighted by Gasteiger charge is 2.17. The first kappa shape index (κ1) is 20.4. The second kappa shape index (κ2) is 9.16. The quantitative estimate of drug-likeness (QED) is 0.694. The van der Waals surface area contributed by atoms with E-state index in [0.717, 1.165) is 5.56 Å². The van der Waals surface area contributed by atoms with Gasteiger partial charge in [0.2, 0.25) is 10.0 Å². The molecular weight excluding hydrogens is 368 g/mol. The molecule has 142 valence electrons. The van der Waals surface area contributed by atoms with Gasteiger partial charge in [-0.15, -0.1) is 0 Å². The van der Waals surface area contributed by atoms with E-state index in [1.165, 1.54) is 31.4 Å². The number of carbonyl (C=O) groups is 1. The van der Waals surface area contributed by atoms with E-state index in [2.05, 4.69) is 9.46 Å².